The number of nitrogens with zero attached hydrogens (tertiary/aromatic N) is 1. The summed E-state index contributed by atoms with van der Waals surface area (Å²) in [5.41, 5.74) is 1.82. The van der Waals surface area contributed by atoms with Crippen LogP contribution < -0.4 is 16.0 Å². The molecule has 0 bridgehead atoms. The molecule has 3 aromatic rings. The standard InChI is InChI=1S/C38H52N4O7/c1-26(2)34(42(37(47)48)25-29-19-13-8-14-20-29)35(45)40-30(21-27-15-9-6-10-16-27)32(43)23-39-24-33(44)31(22-28-17-11-7-12-18-28)41-36(46)49-38(3,4)5/h6-20,26,30-34,39,43-44H,21-25H2,1-5H3,(H,40,45)(H,41,46)(H,47,48)/t30-,31-,32-,33-,34-/m0/s1. The zero-order chi connectivity index (χ0) is 36.0. The third-order valence-corrected chi connectivity index (χ3v) is 7.94. The Labute approximate surface area is 289 Å². The van der Waals surface area contributed by atoms with Gasteiger partial charge in [0.2, 0.25) is 5.91 Å². The largest absolute Gasteiger partial charge is 0.465 e. The van der Waals surface area contributed by atoms with Crippen molar-refractivity contribution in [3.63, 3.8) is 0 Å². The number of carbonyl (C=O) groups is 3. The Morgan fingerprint density at radius 2 is 1.14 bits per heavy atom. The van der Waals surface area contributed by atoms with E-state index in [1.807, 2.05) is 78.9 Å². The summed E-state index contributed by atoms with van der Waals surface area (Å²) >= 11 is 0. The Kier molecular flexibility index (Phi) is 15.1. The quantitative estimate of drug-likeness (QED) is 0.123. The number of rotatable bonds is 17. The fourth-order valence-electron chi connectivity index (χ4n) is 5.56. The van der Waals surface area contributed by atoms with E-state index in [2.05, 4.69) is 16.0 Å². The zero-order valence-corrected chi connectivity index (χ0v) is 29.1. The molecule has 0 aromatic heterocycles. The predicted molar refractivity (Wildman–Crippen MR) is 189 cm³/mol. The molecule has 0 heterocycles. The highest BCUT2D eigenvalue weighted by Gasteiger charge is 2.35. The van der Waals surface area contributed by atoms with E-state index in [1.54, 1.807) is 46.8 Å². The Morgan fingerprint density at radius 1 is 0.714 bits per heavy atom. The molecule has 6 N–H and O–H groups in total. The SMILES string of the molecule is CC(C)[C@@H](C(=O)N[C@@H](Cc1ccccc1)[C@@H](O)CNC[C@H](O)[C@H](Cc1ccccc1)NC(=O)OC(C)(C)C)N(Cc1ccccc1)C(=O)O. The zero-order valence-electron chi connectivity index (χ0n) is 29.1. The van der Waals surface area contributed by atoms with Crippen LogP contribution in [0.4, 0.5) is 9.59 Å². The highest BCUT2D eigenvalue weighted by Crippen LogP contribution is 2.18. The molecule has 0 aliphatic rings. The van der Waals surface area contributed by atoms with Crippen molar-refractivity contribution in [1.82, 2.24) is 20.9 Å². The van der Waals surface area contributed by atoms with E-state index in [4.69, 9.17) is 4.74 Å². The molecular weight excluding hydrogens is 624 g/mol. The van der Waals surface area contributed by atoms with Crippen molar-refractivity contribution in [1.29, 1.82) is 0 Å². The molecule has 0 radical (unpaired) electrons. The smallest absolute Gasteiger partial charge is 0.408 e. The lowest BCUT2D eigenvalue weighted by atomic mass is 9.97. The lowest BCUT2D eigenvalue weighted by molar-refractivity contribution is -0.129. The van der Waals surface area contributed by atoms with Crippen molar-refractivity contribution >= 4 is 18.1 Å². The minimum Gasteiger partial charge on any atom is -0.465 e. The second-order valence-electron chi connectivity index (χ2n) is 13.6. The number of carbonyl (C=O) groups excluding carboxylic acids is 2. The van der Waals surface area contributed by atoms with Crippen LogP contribution >= 0.6 is 0 Å². The number of aliphatic hydroxyl groups excluding tert-OH is 2. The van der Waals surface area contributed by atoms with E-state index in [-0.39, 0.29) is 32.0 Å². The summed E-state index contributed by atoms with van der Waals surface area (Å²) in [7, 11) is 0. The normalized spacial score (nSPS) is 14.6. The number of benzene rings is 3. The van der Waals surface area contributed by atoms with Gasteiger partial charge in [-0.1, -0.05) is 105 Å². The number of hydrogen-bond acceptors (Lipinski definition) is 7. The highest BCUT2D eigenvalue weighted by molar-refractivity contribution is 5.86. The third kappa shape index (κ3) is 13.5. The Balaban J connectivity index is 1.73. The van der Waals surface area contributed by atoms with Crippen molar-refractivity contribution in [2.24, 2.45) is 5.92 Å². The van der Waals surface area contributed by atoms with Crippen LogP contribution in [-0.2, 0) is 28.9 Å². The van der Waals surface area contributed by atoms with Gasteiger partial charge in [-0.15, -0.1) is 0 Å². The second kappa shape index (κ2) is 18.9. The molecule has 0 aliphatic heterocycles. The first kappa shape index (κ1) is 39.0. The van der Waals surface area contributed by atoms with Crippen LogP contribution in [0, 0.1) is 5.92 Å². The van der Waals surface area contributed by atoms with Gasteiger partial charge >= 0.3 is 12.2 Å². The monoisotopic (exact) mass is 676 g/mol. The van der Waals surface area contributed by atoms with E-state index < -0.39 is 54.0 Å². The summed E-state index contributed by atoms with van der Waals surface area (Å²) in [6, 6.07) is 25.4. The molecule has 5 atom stereocenters. The van der Waals surface area contributed by atoms with Crippen LogP contribution in [0.3, 0.4) is 0 Å². The first-order valence-electron chi connectivity index (χ1n) is 16.7. The number of alkyl carbamates (subject to hydrolysis) is 1. The molecule has 0 fully saturated rings. The van der Waals surface area contributed by atoms with Gasteiger partial charge in [0, 0.05) is 19.6 Å². The lowest BCUT2D eigenvalue weighted by Gasteiger charge is -2.34. The van der Waals surface area contributed by atoms with Crippen LogP contribution in [-0.4, -0.2) is 87.3 Å². The summed E-state index contributed by atoms with van der Waals surface area (Å²) in [5, 5.41) is 41.5. The predicted octanol–water partition coefficient (Wildman–Crippen LogP) is 4.37. The maximum absolute atomic E-state index is 13.8. The number of amides is 3. The van der Waals surface area contributed by atoms with Crippen molar-refractivity contribution < 1.29 is 34.4 Å². The van der Waals surface area contributed by atoms with Gasteiger partial charge in [0.05, 0.1) is 24.3 Å². The Bertz CT molecular complexity index is 1430. The highest BCUT2D eigenvalue weighted by atomic mass is 16.6. The van der Waals surface area contributed by atoms with E-state index in [1.165, 1.54) is 0 Å². The van der Waals surface area contributed by atoms with Gasteiger partial charge in [-0.3, -0.25) is 9.69 Å². The molecule has 0 spiro atoms. The molecule has 0 saturated heterocycles. The van der Waals surface area contributed by atoms with Gasteiger partial charge in [-0.05, 0) is 56.2 Å². The summed E-state index contributed by atoms with van der Waals surface area (Å²) in [6.07, 6.45) is -3.40. The first-order chi connectivity index (χ1) is 23.2. The fraction of sp³-hybridized carbons (Fsp3) is 0.447. The van der Waals surface area contributed by atoms with Crippen LogP contribution in [0.25, 0.3) is 0 Å². The van der Waals surface area contributed by atoms with Crippen molar-refractivity contribution in [2.45, 2.75) is 89.9 Å². The maximum atomic E-state index is 13.8. The molecule has 0 unspecified atom stereocenters. The summed E-state index contributed by atoms with van der Waals surface area (Å²) < 4.78 is 5.42. The first-order valence-corrected chi connectivity index (χ1v) is 16.7. The van der Waals surface area contributed by atoms with Crippen molar-refractivity contribution in [3.8, 4) is 0 Å². The Morgan fingerprint density at radius 3 is 1.55 bits per heavy atom. The summed E-state index contributed by atoms with van der Waals surface area (Å²) in [4.78, 5) is 40.0. The van der Waals surface area contributed by atoms with Gasteiger partial charge in [-0.2, -0.15) is 0 Å². The fourth-order valence-corrected chi connectivity index (χ4v) is 5.56. The van der Waals surface area contributed by atoms with Crippen LogP contribution in [0.5, 0.6) is 0 Å². The third-order valence-electron chi connectivity index (χ3n) is 7.94. The topological polar surface area (TPSA) is 160 Å². The van der Waals surface area contributed by atoms with Gasteiger partial charge in [0.25, 0.3) is 0 Å². The van der Waals surface area contributed by atoms with Gasteiger partial charge < -0.3 is 36.0 Å². The van der Waals surface area contributed by atoms with Gasteiger partial charge in [-0.25, -0.2) is 9.59 Å². The van der Waals surface area contributed by atoms with E-state index >= 15 is 0 Å². The molecular formula is C38H52N4O7. The average Bonchev–Trinajstić information content (AvgIpc) is 3.04. The second-order valence-corrected chi connectivity index (χ2v) is 13.6. The summed E-state index contributed by atoms with van der Waals surface area (Å²) in [5.74, 6) is -0.876. The number of nitrogens with one attached hydrogen (secondary N) is 3. The average molecular weight is 677 g/mol. The molecule has 11 nitrogen and oxygen atoms in total. The molecule has 3 amide bonds. The van der Waals surface area contributed by atoms with E-state index in [0.717, 1.165) is 21.6 Å². The van der Waals surface area contributed by atoms with Crippen LogP contribution in [0.2, 0.25) is 0 Å². The van der Waals surface area contributed by atoms with Crippen LogP contribution in [0.15, 0.2) is 91.0 Å². The number of aliphatic hydroxyl groups is 2. The molecule has 11 heteroatoms. The van der Waals surface area contributed by atoms with Gasteiger partial charge in [0.1, 0.15) is 11.6 Å². The molecule has 0 saturated carbocycles. The molecule has 0 aliphatic carbocycles. The molecule has 3 aromatic carbocycles. The van der Waals surface area contributed by atoms with Crippen LogP contribution in [0.1, 0.15) is 51.3 Å². The molecule has 3 rings (SSSR count). The van der Waals surface area contributed by atoms with Crippen molar-refractivity contribution in [3.05, 3.63) is 108 Å². The number of ether oxygens (including phenoxy) is 1. The number of carboxylic acid groups (broad SMARTS) is 1. The lowest BCUT2D eigenvalue weighted by Crippen LogP contribution is -2.57. The Hall–Kier alpha value is -4.45. The molecule has 49 heavy (non-hydrogen) atoms. The summed E-state index contributed by atoms with van der Waals surface area (Å²) in [6.45, 7) is 8.90. The van der Waals surface area contributed by atoms with E-state index in [0.29, 0.717) is 6.42 Å². The van der Waals surface area contributed by atoms with Gasteiger partial charge in [0.15, 0.2) is 0 Å². The van der Waals surface area contributed by atoms with E-state index in [9.17, 15) is 29.7 Å². The molecule has 266 valence electrons. The minimum atomic E-state index is -1.22. The maximum Gasteiger partial charge on any atom is 0.408 e. The number of hydrogen-bond donors (Lipinski definition) is 6. The van der Waals surface area contributed by atoms with Crippen molar-refractivity contribution in [2.75, 3.05) is 13.1 Å². The minimum absolute atomic E-state index is 0.00165.